The lowest BCUT2D eigenvalue weighted by Gasteiger charge is -2.20. The van der Waals surface area contributed by atoms with E-state index in [2.05, 4.69) is 124 Å². The summed E-state index contributed by atoms with van der Waals surface area (Å²) in [6.07, 6.45) is 14.3. The van der Waals surface area contributed by atoms with E-state index >= 15 is 0 Å². The zero-order valence-electron chi connectivity index (χ0n) is 20.4. The molecule has 0 heteroatoms. The first kappa shape index (κ1) is 22.2. The Morgan fingerprint density at radius 1 is 0.912 bits per heavy atom. The summed E-state index contributed by atoms with van der Waals surface area (Å²) in [7, 11) is 0. The highest BCUT2D eigenvalue weighted by molar-refractivity contribution is 5.97. The fraction of sp³-hybridized carbons (Fsp3) is 0.176. The minimum Gasteiger partial charge on any atom is -0.0871 e. The summed E-state index contributed by atoms with van der Waals surface area (Å²) in [5, 5.41) is 2.68. The molecule has 0 aliphatic heterocycles. The van der Waals surface area contributed by atoms with E-state index in [0.29, 0.717) is 0 Å². The van der Waals surface area contributed by atoms with E-state index in [1.54, 1.807) is 0 Å². The summed E-state index contributed by atoms with van der Waals surface area (Å²) >= 11 is 0. The largest absolute Gasteiger partial charge is 0.0871 e. The Bertz CT molecular complexity index is 1440. The fourth-order valence-electron chi connectivity index (χ4n) is 5.21. The zero-order chi connectivity index (χ0) is 23.5. The first-order valence-electron chi connectivity index (χ1n) is 12.4. The molecule has 34 heavy (non-hydrogen) atoms. The lowest BCUT2D eigenvalue weighted by Crippen LogP contribution is -2.00. The van der Waals surface area contributed by atoms with Crippen molar-refractivity contribution in [3.8, 4) is 11.1 Å². The third kappa shape index (κ3) is 4.29. The Kier molecular flexibility index (Phi) is 6.32. The molecular weight excluding hydrogens is 408 g/mol. The summed E-state index contributed by atoms with van der Waals surface area (Å²) < 4.78 is 0. The van der Waals surface area contributed by atoms with Crippen LogP contribution in [-0.2, 0) is 12.8 Å². The first-order valence-corrected chi connectivity index (χ1v) is 12.4. The molecule has 0 spiro atoms. The smallest absolute Gasteiger partial charge is 0.00227 e. The van der Waals surface area contributed by atoms with Crippen molar-refractivity contribution in [3.05, 3.63) is 130 Å². The molecule has 168 valence electrons. The van der Waals surface area contributed by atoms with Gasteiger partial charge in [0, 0.05) is 0 Å². The highest BCUT2D eigenvalue weighted by Gasteiger charge is 2.16. The van der Waals surface area contributed by atoms with Crippen LogP contribution in [0.15, 0.2) is 97.1 Å². The molecular formula is C34H32. The van der Waals surface area contributed by atoms with Gasteiger partial charge in [-0.2, -0.15) is 0 Å². The minimum absolute atomic E-state index is 0.940. The molecule has 5 rings (SSSR count). The third-order valence-corrected chi connectivity index (χ3v) is 7.02. The van der Waals surface area contributed by atoms with Crippen molar-refractivity contribution in [3.63, 3.8) is 0 Å². The van der Waals surface area contributed by atoms with E-state index in [9.17, 15) is 0 Å². The van der Waals surface area contributed by atoms with Gasteiger partial charge in [0.15, 0.2) is 0 Å². The molecule has 0 amide bonds. The van der Waals surface area contributed by atoms with Crippen LogP contribution in [-0.4, -0.2) is 0 Å². The quantitative estimate of drug-likeness (QED) is 0.271. The van der Waals surface area contributed by atoms with Gasteiger partial charge >= 0.3 is 0 Å². The molecule has 0 nitrogen and oxygen atoms in total. The van der Waals surface area contributed by atoms with Gasteiger partial charge in [-0.25, -0.2) is 0 Å². The van der Waals surface area contributed by atoms with Crippen LogP contribution >= 0.6 is 0 Å². The Hall–Kier alpha value is -3.64. The highest BCUT2D eigenvalue weighted by atomic mass is 14.2. The monoisotopic (exact) mass is 440 g/mol. The Balaban J connectivity index is 1.57. The minimum atomic E-state index is 0.940. The second-order valence-corrected chi connectivity index (χ2v) is 9.24. The van der Waals surface area contributed by atoms with Crippen LogP contribution in [0.3, 0.4) is 0 Å². The zero-order valence-corrected chi connectivity index (χ0v) is 20.4. The average Bonchev–Trinajstić information content (AvgIpc) is 2.88. The van der Waals surface area contributed by atoms with E-state index in [0.717, 1.165) is 19.3 Å². The van der Waals surface area contributed by atoms with Gasteiger partial charge in [0.05, 0.1) is 0 Å². The Morgan fingerprint density at radius 2 is 1.79 bits per heavy atom. The summed E-state index contributed by atoms with van der Waals surface area (Å²) in [5.41, 5.74) is 12.3. The Morgan fingerprint density at radius 3 is 2.65 bits per heavy atom. The van der Waals surface area contributed by atoms with Gasteiger partial charge in [0.2, 0.25) is 0 Å². The van der Waals surface area contributed by atoms with Gasteiger partial charge in [-0.3, -0.25) is 0 Å². The van der Waals surface area contributed by atoms with E-state index in [1.165, 1.54) is 60.9 Å². The van der Waals surface area contributed by atoms with Crippen molar-refractivity contribution >= 4 is 22.4 Å². The third-order valence-electron chi connectivity index (χ3n) is 7.02. The average molecular weight is 441 g/mol. The number of allylic oxidation sites excluding steroid dienone is 5. The van der Waals surface area contributed by atoms with Gasteiger partial charge in [-0.1, -0.05) is 97.1 Å². The Labute approximate surface area is 204 Å². The molecule has 0 unspecified atom stereocenters. The first-order chi connectivity index (χ1) is 16.7. The van der Waals surface area contributed by atoms with Crippen LogP contribution in [0.4, 0.5) is 0 Å². The van der Waals surface area contributed by atoms with Crippen molar-refractivity contribution in [1.82, 2.24) is 0 Å². The van der Waals surface area contributed by atoms with Crippen molar-refractivity contribution in [2.45, 2.75) is 40.0 Å². The number of hydrogen-bond acceptors (Lipinski definition) is 0. The molecule has 0 atom stereocenters. The molecule has 0 saturated heterocycles. The van der Waals surface area contributed by atoms with Crippen LogP contribution in [0.5, 0.6) is 0 Å². The van der Waals surface area contributed by atoms with Crippen LogP contribution in [0.2, 0.25) is 0 Å². The standard InChI is InChI=1S/C34H32/c1-4-11-26(5-2)27-14-10-12-25(20-27)21-30-22-29(19-18-24(30)3)34-23-28-13-6-7-15-31(28)32-16-8-9-17-33(32)34/h4-8,10-16,18-20,22-23H,9,17,21H2,1-3H3/b11-4-,26-5+. The van der Waals surface area contributed by atoms with Crippen molar-refractivity contribution in [2.75, 3.05) is 0 Å². The fourth-order valence-corrected chi connectivity index (χ4v) is 5.21. The van der Waals surface area contributed by atoms with E-state index < -0.39 is 0 Å². The normalized spacial score (nSPS) is 13.6. The molecule has 1 aliphatic rings. The van der Waals surface area contributed by atoms with Crippen LogP contribution in [0, 0.1) is 6.92 Å². The number of hydrogen-bond donors (Lipinski definition) is 0. The molecule has 4 aromatic rings. The van der Waals surface area contributed by atoms with Crippen molar-refractivity contribution in [2.24, 2.45) is 0 Å². The summed E-state index contributed by atoms with van der Waals surface area (Å²) in [6.45, 7) is 6.41. The summed E-state index contributed by atoms with van der Waals surface area (Å²) in [5.74, 6) is 0. The number of aryl methyl sites for hydroxylation is 1. The molecule has 0 fully saturated rings. The predicted molar refractivity (Wildman–Crippen MR) is 149 cm³/mol. The maximum atomic E-state index is 2.42. The summed E-state index contributed by atoms with van der Waals surface area (Å²) in [6, 6.07) is 27.2. The van der Waals surface area contributed by atoms with Crippen LogP contribution < -0.4 is 0 Å². The molecule has 0 aromatic heterocycles. The maximum absolute atomic E-state index is 2.42. The lowest BCUT2D eigenvalue weighted by molar-refractivity contribution is 0.991. The van der Waals surface area contributed by atoms with E-state index in [-0.39, 0.29) is 0 Å². The molecule has 4 aromatic carbocycles. The number of benzene rings is 4. The van der Waals surface area contributed by atoms with Gasteiger partial charge in [-0.15, -0.1) is 0 Å². The van der Waals surface area contributed by atoms with Crippen LogP contribution in [0.25, 0.3) is 33.5 Å². The maximum Gasteiger partial charge on any atom is -0.00227 e. The van der Waals surface area contributed by atoms with Gasteiger partial charge in [-0.05, 0) is 107 Å². The molecule has 0 radical (unpaired) electrons. The van der Waals surface area contributed by atoms with E-state index in [4.69, 9.17) is 0 Å². The predicted octanol–water partition coefficient (Wildman–Crippen LogP) is 9.34. The van der Waals surface area contributed by atoms with Gasteiger partial charge in [0.25, 0.3) is 0 Å². The lowest BCUT2D eigenvalue weighted by atomic mass is 9.84. The summed E-state index contributed by atoms with van der Waals surface area (Å²) in [4.78, 5) is 0. The number of fused-ring (bicyclic) bond motifs is 3. The molecule has 0 bridgehead atoms. The second kappa shape index (κ2) is 9.69. The van der Waals surface area contributed by atoms with Crippen molar-refractivity contribution < 1.29 is 0 Å². The molecule has 1 aliphatic carbocycles. The van der Waals surface area contributed by atoms with Gasteiger partial charge < -0.3 is 0 Å². The van der Waals surface area contributed by atoms with E-state index in [1.807, 2.05) is 0 Å². The molecule has 0 N–H and O–H groups in total. The SMILES string of the molecule is C/C=C\C(=C/C)c1cccc(Cc2cc(-c3cc4ccccc4c4c3CCC=C4)ccc2C)c1. The number of rotatable bonds is 5. The van der Waals surface area contributed by atoms with Gasteiger partial charge in [0.1, 0.15) is 0 Å². The second-order valence-electron chi connectivity index (χ2n) is 9.24. The molecule has 0 saturated carbocycles. The molecule has 0 heterocycles. The highest BCUT2D eigenvalue weighted by Crippen LogP contribution is 2.37. The van der Waals surface area contributed by atoms with Crippen molar-refractivity contribution in [1.29, 1.82) is 0 Å². The topological polar surface area (TPSA) is 0 Å². The van der Waals surface area contributed by atoms with Crippen LogP contribution in [0.1, 0.15) is 53.6 Å².